The van der Waals surface area contributed by atoms with Crippen molar-refractivity contribution in [3.8, 4) is 5.18 Å². The minimum absolute atomic E-state index is 0.221. The summed E-state index contributed by atoms with van der Waals surface area (Å²) < 4.78 is 0. The summed E-state index contributed by atoms with van der Waals surface area (Å²) in [7, 11) is 0.221. The third-order valence-electron chi connectivity index (χ3n) is 0.974. The van der Waals surface area contributed by atoms with Crippen molar-refractivity contribution in [3.63, 3.8) is 0 Å². The first-order chi connectivity index (χ1) is 4.79. The van der Waals surface area contributed by atoms with Gasteiger partial charge in [0.15, 0.2) is 0 Å². The van der Waals surface area contributed by atoms with Gasteiger partial charge in [0, 0.05) is 6.20 Å². The van der Waals surface area contributed by atoms with Crippen LogP contribution < -0.4 is 0 Å². The van der Waals surface area contributed by atoms with Crippen LogP contribution >= 0.6 is 0 Å². The molecule has 0 aliphatic rings. The molecule has 0 unspecified atom stereocenters. The second-order valence-corrected chi connectivity index (χ2v) is 3.97. The molecule has 2 heteroatoms. The highest BCUT2D eigenvalue weighted by molar-refractivity contribution is 7.85. The Bertz CT molecular complexity index is 272. The molecule has 0 saturated carbocycles. The predicted octanol–water partition coefficient (Wildman–Crippen LogP) is 1.27. The van der Waals surface area contributed by atoms with Crippen molar-refractivity contribution in [1.82, 2.24) is 4.98 Å². The quantitative estimate of drug-likeness (QED) is 0.510. The normalized spacial score (nSPS) is 9.50. The van der Waals surface area contributed by atoms with Gasteiger partial charge in [-0.1, -0.05) is 6.07 Å². The Morgan fingerprint density at radius 2 is 2.20 bits per heavy atom. The second kappa shape index (κ2) is 3.45. The van der Waals surface area contributed by atoms with Gasteiger partial charge in [-0.2, -0.15) is 0 Å². The van der Waals surface area contributed by atoms with Gasteiger partial charge in [-0.25, -0.2) is 5.18 Å². The average Bonchev–Trinajstić information content (AvgIpc) is 1.88. The van der Waals surface area contributed by atoms with E-state index in [1.54, 1.807) is 6.20 Å². The Hall–Kier alpha value is -0.720. The predicted molar refractivity (Wildman–Crippen MR) is 46.4 cm³/mol. The monoisotopic (exact) mass is 152 g/mol. The molecule has 0 spiro atoms. The maximum atomic E-state index is 4.11. The molecule has 1 heterocycles. The van der Waals surface area contributed by atoms with Crippen molar-refractivity contribution in [2.45, 2.75) is 0 Å². The number of hydrogen-bond donors (Lipinski definition) is 0. The lowest BCUT2D eigenvalue weighted by Gasteiger charge is -1.98. The van der Waals surface area contributed by atoms with Gasteiger partial charge >= 0.3 is 0 Å². The van der Waals surface area contributed by atoms with E-state index >= 15 is 0 Å². The minimum atomic E-state index is 0.221. The van der Waals surface area contributed by atoms with Crippen molar-refractivity contribution in [3.05, 3.63) is 30.1 Å². The first-order valence-electron chi connectivity index (χ1n) is 3.04. The van der Waals surface area contributed by atoms with Crippen molar-refractivity contribution < 1.29 is 0 Å². The first-order valence-corrected chi connectivity index (χ1v) is 5.08. The minimum Gasteiger partial charge on any atom is -0.453 e. The zero-order valence-corrected chi connectivity index (χ0v) is 6.98. The van der Waals surface area contributed by atoms with Gasteiger partial charge in [-0.05, 0) is 12.1 Å². The Kier molecular flexibility index (Phi) is 2.55. The Morgan fingerprint density at radius 1 is 1.40 bits per heavy atom. The molecule has 1 rings (SSSR count). The number of pyridine rings is 1. The number of rotatable bonds is 0. The fraction of sp³-hybridized carbons (Fsp3) is 0.250. The molecule has 0 bridgehead atoms. The highest BCUT2D eigenvalue weighted by atomic mass is 32.2. The fourth-order valence-corrected chi connectivity index (χ4v) is 1.17. The zero-order chi connectivity index (χ0) is 7.40. The molecule has 1 aromatic heterocycles. The lowest BCUT2D eigenvalue weighted by molar-refractivity contribution is 1.29. The summed E-state index contributed by atoms with van der Waals surface area (Å²) in [5.41, 5.74) is 0.954. The van der Waals surface area contributed by atoms with E-state index in [0.29, 0.717) is 0 Å². The molecule has 54 valence electrons. The van der Waals surface area contributed by atoms with Crippen LogP contribution in [0.4, 0.5) is 0 Å². The molecule has 0 amide bonds. The molecular weight excluding hydrogens is 142 g/mol. The molecular formula is C8H10NS-. The second-order valence-electron chi connectivity index (χ2n) is 2.13. The van der Waals surface area contributed by atoms with Crippen LogP contribution in [0.15, 0.2) is 24.4 Å². The highest BCUT2D eigenvalue weighted by Crippen LogP contribution is 1.89. The molecule has 10 heavy (non-hydrogen) atoms. The first kappa shape index (κ1) is 7.39. The topological polar surface area (TPSA) is 12.9 Å². The summed E-state index contributed by atoms with van der Waals surface area (Å²) in [6.07, 6.45) is 6.03. The lowest BCUT2D eigenvalue weighted by Crippen LogP contribution is -1.81. The van der Waals surface area contributed by atoms with E-state index in [1.807, 2.05) is 18.2 Å². The van der Waals surface area contributed by atoms with Gasteiger partial charge in [0.25, 0.3) is 0 Å². The summed E-state index contributed by atoms with van der Waals surface area (Å²) in [5.74, 6) is 0. The van der Waals surface area contributed by atoms with E-state index < -0.39 is 0 Å². The van der Waals surface area contributed by atoms with Gasteiger partial charge in [0.1, 0.15) is 0 Å². The van der Waals surface area contributed by atoms with E-state index in [9.17, 15) is 0 Å². The molecule has 1 nitrogen and oxygen atoms in total. The molecule has 0 fully saturated rings. The van der Waals surface area contributed by atoms with E-state index in [0.717, 1.165) is 5.69 Å². The van der Waals surface area contributed by atoms with E-state index in [4.69, 9.17) is 0 Å². The summed E-state index contributed by atoms with van der Waals surface area (Å²) in [4.78, 5) is 4.11. The summed E-state index contributed by atoms with van der Waals surface area (Å²) >= 11 is 0. The molecule has 1 aromatic rings. The summed E-state index contributed by atoms with van der Waals surface area (Å²) in [6.45, 7) is 0. The molecule has 0 aromatic carbocycles. The third kappa shape index (κ3) is 2.26. The van der Waals surface area contributed by atoms with Crippen LogP contribution in [0.5, 0.6) is 0 Å². The van der Waals surface area contributed by atoms with Crippen LogP contribution in [0.25, 0.3) is 0 Å². The molecule has 0 N–H and O–H groups in total. The van der Waals surface area contributed by atoms with Crippen LogP contribution in [0, 0.1) is 5.18 Å². The maximum Gasteiger partial charge on any atom is 0.0776 e. The molecule has 0 saturated heterocycles. The molecule has 0 aliphatic heterocycles. The van der Waals surface area contributed by atoms with Crippen molar-refractivity contribution >= 4 is 10.3 Å². The largest absolute Gasteiger partial charge is 0.453 e. The van der Waals surface area contributed by atoms with Crippen molar-refractivity contribution in [2.24, 2.45) is 0 Å². The highest BCUT2D eigenvalue weighted by Gasteiger charge is 1.75. The van der Waals surface area contributed by atoms with Gasteiger partial charge in [0.05, 0.1) is 5.69 Å². The maximum absolute atomic E-state index is 4.11. The number of aromatic nitrogens is 1. The fourth-order valence-electron chi connectivity index (χ4n) is 0.632. The smallest absolute Gasteiger partial charge is 0.0776 e. The molecule has 0 aliphatic carbocycles. The average molecular weight is 152 g/mol. The zero-order valence-electron chi connectivity index (χ0n) is 6.16. The SMILES string of the molecule is C[S-](C)#Cc1ccccn1. The summed E-state index contributed by atoms with van der Waals surface area (Å²) in [6, 6.07) is 5.85. The van der Waals surface area contributed by atoms with E-state index in [2.05, 4.69) is 22.7 Å². The van der Waals surface area contributed by atoms with Crippen molar-refractivity contribution in [2.75, 3.05) is 12.5 Å². The Balaban J connectivity index is 2.98. The number of nitrogens with zero attached hydrogens (tertiary/aromatic N) is 1. The summed E-state index contributed by atoms with van der Waals surface area (Å²) in [5, 5.41) is 3.22. The third-order valence-corrected chi connectivity index (χ3v) is 1.59. The molecule has 0 radical (unpaired) electrons. The van der Waals surface area contributed by atoms with Crippen LogP contribution in [0.1, 0.15) is 5.69 Å². The lowest BCUT2D eigenvalue weighted by atomic mass is 10.4. The Morgan fingerprint density at radius 3 is 2.70 bits per heavy atom. The van der Waals surface area contributed by atoms with Gasteiger partial charge in [-0.3, -0.25) is 4.98 Å². The van der Waals surface area contributed by atoms with Crippen LogP contribution in [-0.4, -0.2) is 17.5 Å². The van der Waals surface area contributed by atoms with Crippen LogP contribution in [-0.2, 0) is 10.3 Å². The van der Waals surface area contributed by atoms with Gasteiger partial charge in [0.2, 0.25) is 0 Å². The van der Waals surface area contributed by atoms with Gasteiger partial charge in [-0.15, -0.1) is 12.5 Å². The van der Waals surface area contributed by atoms with Crippen molar-refractivity contribution in [1.29, 1.82) is 0 Å². The van der Waals surface area contributed by atoms with Crippen LogP contribution in [0.2, 0.25) is 0 Å². The van der Waals surface area contributed by atoms with Gasteiger partial charge < -0.3 is 10.3 Å². The standard InChI is InChI=1S/C8H10NS/c1-10(2)7-8-5-3-4-6-9-8/h3-6H,1-2H3/q-1. The number of hydrogen-bond acceptors (Lipinski definition) is 2. The van der Waals surface area contributed by atoms with E-state index in [-0.39, 0.29) is 10.3 Å². The molecule has 0 atom stereocenters. The van der Waals surface area contributed by atoms with Crippen LogP contribution in [0.3, 0.4) is 0 Å². The van der Waals surface area contributed by atoms with E-state index in [1.165, 1.54) is 0 Å². The Labute approximate surface area is 63.7 Å².